The summed E-state index contributed by atoms with van der Waals surface area (Å²) < 4.78 is 0.637. The number of carbonyl (C=O) groups is 2. The van der Waals surface area contributed by atoms with Crippen LogP contribution in [-0.2, 0) is 15.3 Å². The standard InChI is InChI=1S/C15H15NO4S2/c1-8(17)10-12(18)16-11(14(19)20)15(22-13(10)16)21-7-9-5-3-2-4-6-9/h2-6,8,10,13,17H,7H2,1H3,(H,19,20)/t8-,10+,13+/m0/s1. The van der Waals surface area contributed by atoms with Gasteiger partial charge in [-0.3, -0.25) is 9.69 Å². The number of fused-ring (bicyclic) bond motifs is 1. The minimum absolute atomic E-state index is 0.0535. The van der Waals surface area contributed by atoms with Gasteiger partial charge in [0.1, 0.15) is 5.37 Å². The summed E-state index contributed by atoms with van der Waals surface area (Å²) in [6.07, 6.45) is -0.769. The molecule has 3 atom stereocenters. The molecule has 2 aliphatic rings. The Bertz CT molecular complexity index is 644. The van der Waals surface area contributed by atoms with E-state index >= 15 is 0 Å². The Morgan fingerprint density at radius 1 is 1.41 bits per heavy atom. The van der Waals surface area contributed by atoms with Gasteiger partial charge >= 0.3 is 5.97 Å². The lowest BCUT2D eigenvalue weighted by Gasteiger charge is -2.43. The van der Waals surface area contributed by atoms with Crippen molar-refractivity contribution < 1.29 is 19.8 Å². The molecule has 1 fully saturated rings. The van der Waals surface area contributed by atoms with Gasteiger partial charge in [0.05, 0.1) is 16.3 Å². The van der Waals surface area contributed by atoms with E-state index in [0.717, 1.165) is 5.56 Å². The summed E-state index contributed by atoms with van der Waals surface area (Å²) in [5.74, 6) is -1.27. The van der Waals surface area contributed by atoms with E-state index in [1.165, 1.54) is 28.4 Å². The molecule has 0 radical (unpaired) electrons. The highest BCUT2D eigenvalue weighted by molar-refractivity contribution is 8.22. The van der Waals surface area contributed by atoms with Crippen LogP contribution in [-0.4, -0.2) is 38.5 Å². The van der Waals surface area contributed by atoms with Crippen LogP contribution in [0.4, 0.5) is 0 Å². The lowest BCUT2D eigenvalue weighted by Crippen LogP contribution is -2.60. The van der Waals surface area contributed by atoms with Crippen LogP contribution in [0.1, 0.15) is 12.5 Å². The Hall–Kier alpha value is -1.44. The number of rotatable bonds is 5. The molecule has 2 aliphatic heterocycles. The Kier molecular flexibility index (Phi) is 4.20. The number of thioether (sulfide) groups is 2. The van der Waals surface area contributed by atoms with E-state index in [4.69, 9.17) is 0 Å². The van der Waals surface area contributed by atoms with Crippen LogP contribution in [0.15, 0.2) is 40.3 Å². The highest BCUT2D eigenvalue weighted by Crippen LogP contribution is 2.54. The van der Waals surface area contributed by atoms with Crippen LogP contribution in [0, 0.1) is 5.92 Å². The van der Waals surface area contributed by atoms with Crippen LogP contribution in [0.25, 0.3) is 0 Å². The van der Waals surface area contributed by atoms with Crippen LogP contribution >= 0.6 is 23.5 Å². The molecule has 0 unspecified atom stereocenters. The molecule has 116 valence electrons. The molecule has 3 rings (SSSR count). The number of hydrogen-bond donors (Lipinski definition) is 2. The molecule has 0 spiro atoms. The Morgan fingerprint density at radius 2 is 2.09 bits per heavy atom. The molecule has 0 bridgehead atoms. The zero-order valence-corrected chi connectivity index (χ0v) is 13.4. The minimum Gasteiger partial charge on any atom is -0.477 e. The summed E-state index contributed by atoms with van der Waals surface area (Å²) in [4.78, 5) is 24.9. The number of hydrogen-bond acceptors (Lipinski definition) is 5. The largest absolute Gasteiger partial charge is 0.477 e. The number of aliphatic hydroxyl groups excluding tert-OH is 1. The maximum absolute atomic E-state index is 12.1. The van der Waals surface area contributed by atoms with E-state index in [-0.39, 0.29) is 17.0 Å². The smallest absolute Gasteiger partial charge is 0.354 e. The molecule has 0 saturated carbocycles. The number of carboxylic acids is 1. The van der Waals surface area contributed by atoms with E-state index in [0.29, 0.717) is 9.99 Å². The molecule has 0 aromatic heterocycles. The Balaban J connectivity index is 1.78. The number of β-lactam (4-membered cyclic amide) rings is 1. The first-order valence-corrected chi connectivity index (χ1v) is 8.69. The number of benzene rings is 1. The normalized spacial score (nSPS) is 25.0. The quantitative estimate of drug-likeness (QED) is 0.801. The molecular weight excluding hydrogens is 322 g/mol. The zero-order chi connectivity index (χ0) is 15.9. The second-order valence-electron chi connectivity index (χ2n) is 5.20. The molecule has 1 aromatic rings. The first kappa shape index (κ1) is 15.5. The Labute approximate surface area is 136 Å². The maximum atomic E-state index is 12.1. The topological polar surface area (TPSA) is 77.8 Å². The fourth-order valence-corrected chi connectivity index (χ4v) is 5.45. The molecule has 2 heterocycles. The van der Waals surface area contributed by atoms with E-state index in [2.05, 4.69) is 0 Å². The predicted octanol–water partition coefficient (Wildman–Crippen LogP) is 2.09. The first-order chi connectivity index (χ1) is 10.5. The molecule has 1 amide bonds. The first-order valence-electron chi connectivity index (χ1n) is 6.83. The van der Waals surface area contributed by atoms with Gasteiger partial charge in [-0.2, -0.15) is 0 Å². The molecule has 5 nitrogen and oxygen atoms in total. The van der Waals surface area contributed by atoms with Crippen LogP contribution in [0.3, 0.4) is 0 Å². The summed E-state index contributed by atoms with van der Waals surface area (Å²) >= 11 is 2.79. The van der Waals surface area contributed by atoms with E-state index in [9.17, 15) is 19.8 Å². The van der Waals surface area contributed by atoms with Gasteiger partial charge in [-0.15, -0.1) is 11.8 Å². The van der Waals surface area contributed by atoms with Crippen LogP contribution in [0.5, 0.6) is 0 Å². The van der Waals surface area contributed by atoms with Crippen LogP contribution < -0.4 is 0 Å². The summed E-state index contributed by atoms with van der Waals surface area (Å²) in [5, 5.41) is 18.8. The molecule has 7 heteroatoms. The molecule has 0 aliphatic carbocycles. The number of nitrogens with zero attached hydrogens (tertiary/aromatic N) is 1. The SMILES string of the molecule is C[C@H](O)[C@@H]1C(=O)N2C(C(=O)O)=C(SCc3ccccc3)S[C@H]12. The van der Waals surface area contributed by atoms with Gasteiger partial charge in [-0.05, 0) is 12.5 Å². The molecule has 22 heavy (non-hydrogen) atoms. The summed E-state index contributed by atoms with van der Waals surface area (Å²) in [6, 6.07) is 9.76. The summed E-state index contributed by atoms with van der Waals surface area (Å²) in [6.45, 7) is 1.57. The Morgan fingerprint density at radius 3 is 2.68 bits per heavy atom. The highest BCUT2D eigenvalue weighted by Gasteiger charge is 2.57. The third-order valence-corrected chi connectivity index (χ3v) is 6.41. The summed E-state index contributed by atoms with van der Waals surface area (Å²) in [5.41, 5.74) is 1.15. The fraction of sp³-hybridized carbons (Fsp3) is 0.333. The van der Waals surface area contributed by atoms with Gasteiger partial charge in [0.2, 0.25) is 5.91 Å². The number of carbonyl (C=O) groups excluding carboxylic acids is 1. The summed E-state index contributed by atoms with van der Waals surface area (Å²) in [7, 11) is 0. The van der Waals surface area contributed by atoms with Gasteiger partial charge < -0.3 is 10.2 Å². The van der Waals surface area contributed by atoms with Gasteiger partial charge in [0.25, 0.3) is 0 Å². The lowest BCUT2D eigenvalue weighted by atomic mass is 9.92. The van der Waals surface area contributed by atoms with Gasteiger partial charge in [-0.25, -0.2) is 4.79 Å². The highest BCUT2D eigenvalue weighted by atomic mass is 32.2. The third-order valence-electron chi connectivity index (χ3n) is 3.68. The van der Waals surface area contributed by atoms with Crippen molar-refractivity contribution in [2.24, 2.45) is 5.92 Å². The van der Waals surface area contributed by atoms with E-state index in [1.54, 1.807) is 6.92 Å². The lowest BCUT2D eigenvalue weighted by molar-refractivity contribution is -0.156. The maximum Gasteiger partial charge on any atom is 0.354 e. The molecule has 1 saturated heterocycles. The van der Waals surface area contributed by atoms with Crippen LogP contribution in [0.2, 0.25) is 0 Å². The van der Waals surface area contributed by atoms with Crippen molar-refractivity contribution in [1.29, 1.82) is 0 Å². The average molecular weight is 337 g/mol. The zero-order valence-electron chi connectivity index (χ0n) is 11.8. The number of carboxylic acid groups (broad SMARTS) is 1. The second kappa shape index (κ2) is 5.98. The molecule has 1 aromatic carbocycles. The van der Waals surface area contributed by atoms with Crippen molar-refractivity contribution in [3.05, 3.63) is 45.8 Å². The van der Waals surface area contributed by atoms with Crippen molar-refractivity contribution in [2.75, 3.05) is 0 Å². The van der Waals surface area contributed by atoms with Crippen molar-refractivity contribution in [1.82, 2.24) is 4.90 Å². The van der Waals surface area contributed by atoms with Crippen molar-refractivity contribution in [2.45, 2.75) is 24.2 Å². The van der Waals surface area contributed by atoms with E-state index in [1.807, 2.05) is 30.3 Å². The number of amides is 1. The van der Waals surface area contributed by atoms with Gasteiger partial charge in [0.15, 0.2) is 5.70 Å². The monoisotopic (exact) mass is 337 g/mol. The molecular formula is C15H15NO4S2. The number of aliphatic carboxylic acids is 1. The predicted molar refractivity (Wildman–Crippen MR) is 85.8 cm³/mol. The van der Waals surface area contributed by atoms with Crippen molar-refractivity contribution in [3.63, 3.8) is 0 Å². The average Bonchev–Trinajstić information content (AvgIpc) is 2.80. The van der Waals surface area contributed by atoms with Crippen molar-refractivity contribution in [3.8, 4) is 0 Å². The third kappa shape index (κ3) is 2.53. The fourth-order valence-electron chi connectivity index (χ4n) is 2.57. The second-order valence-corrected chi connectivity index (χ2v) is 7.57. The van der Waals surface area contributed by atoms with Gasteiger partial charge in [0, 0.05) is 5.75 Å². The van der Waals surface area contributed by atoms with Gasteiger partial charge in [-0.1, -0.05) is 42.1 Å². The van der Waals surface area contributed by atoms with Crippen molar-refractivity contribution >= 4 is 35.4 Å². The molecule has 2 N–H and O–H groups in total. The van der Waals surface area contributed by atoms with E-state index < -0.39 is 18.0 Å². The minimum atomic E-state index is -1.09. The number of aliphatic hydroxyl groups is 1.